The standard InChI is InChI=1S/C13H21BO2.C2H6.H3N/c1-7-9-10-11(8-2)14-15-12(3,4)13(5,6)16-14;1-2;/h7-10H,2H2,1,3-6H3;1-2H3;1H3/b9-7-,11-10+;;. The lowest BCUT2D eigenvalue weighted by Crippen LogP contribution is -2.41. The van der Waals surface area contributed by atoms with Crippen LogP contribution in [0, 0.1) is 0 Å². The molecule has 0 amide bonds. The molecule has 1 rings (SSSR count). The average Bonchev–Trinajstić information content (AvgIpc) is 2.52. The largest absolute Gasteiger partial charge is 0.494 e. The van der Waals surface area contributed by atoms with E-state index in [4.69, 9.17) is 9.31 Å². The molecule has 1 heterocycles. The van der Waals surface area contributed by atoms with Gasteiger partial charge in [0, 0.05) is 0 Å². The van der Waals surface area contributed by atoms with Crippen LogP contribution in [0.25, 0.3) is 0 Å². The molecule has 0 spiro atoms. The van der Waals surface area contributed by atoms with Gasteiger partial charge in [-0.05, 0) is 40.1 Å². The van der Waals surface area contributed by atoms with Gasteiger partial charge in [0.05, 0.1) is 11.2 Å². The highest BCUT2D eigenvalue weighted by molar-refractivity contribution is 6.55. The zero-order chi connectivity index (χ0) is 14.4. The van der Waals surface area contributed by atoms with Crippen molar-refractivity contribution < 1.29 is 9.31 Å². The minimum absolute atomic E-state index is 0. The van der Waals surface area contributed by atoms with E-state index in [9.17, 15) is 0 Å². The van der Waals surface area contributed by atoms with Crippen LogP contribution in [-0.2, 0) is 9.31 Å². The summed E-state index contributed by atoms with van der Waals surface area (Å²) < 4.78 is 11.8. The average molecular weight is 267 g/mol. The van der Waals surface area contributed by atoms with Crippen molar-refractivity contribution >= 4 is 7.12 Å². The van der Waals surface area contributed by atoms with Crippen molar-refractivity contribution in [3.8, 4) is 0 Å². The SMILES string of the molecule is C=C/C(=C\C=C/C)B1OC(C)(C)C(C)(C)O1.CC.N. The van der Waals surface area contributed by atoms with Crippen LogP contribution in [0.2, 0.25) is 0 Å². The molecule has 0 aromatic heterocycles. The van der Waals surface area contributed by atoms with E-state index in [2.05, 4.69) is 6.58 Å². The fourth-order valence-corrected chi connectivity index (χ4v) is 1.43. The number of hydrogen-bond acceptors (Lipinski definition) is 3. The van der Waals surface area contributed by atoms with Gasteiger partial charge in [-0.2, -0.15) is 0 Å². The molecular formula is C15H30BNO2. The molecule has 0 aromatic rings. The molecule has 1 saturated heterocycles. The zero-order valence-corrected chi connectivity index (χ0v) is 13.6. The first-order chi connectivity index (χ1) is 8.34. The highest BCUT2D eigenvalue weighted by Crippen LogP contribution is 2.38. The molecule has 1 aliphatic rings. The summed E-state index contributed by atoms with van der Waals surface area (Å²) in [5.41, 5.74) is 0.363. The molecule has 0 bridgehead atoms. The molecule has 0 saturated carbocycles. The topological polar surface area (TPSA) is 53.5 Å². The van der Waals surface area contributed by atoms with Crippen LogP contribution < -0.4 is 6.15 Å². The molecular weight excluding hydrogens is 237 g/mol. The Hall–Kier alpha value is -0.835. The predicted octanol–water partition coefficient (Wildman–Crippen LogP) is 4.49. The van der Waals surface area contributed by atoms with E-state index in [0.717, 1.165) is 5.47 Å². The lowest BCUT2D eigenvalue weighted by atomic mass is 9.78. The fraction of sp³-hybridized carbons (Fsp3) is 0.600. The molecule has 19 heavy (non-hydrogen) atoms. The van der Waals surface area contributed by atoms with Gasteiger partial charge in [0.15, 0.2) is 0 Å². The zero-order valence-electron chi connectivity index (χ0n) is 13.6. The van der Waals surface area contributed by atoms with Crippen LogP contribution in [-0.4, -0.2) is 18.3 Å². The third-order valence-electron chi connectivity index (χ3n) is 3.24. The van der Waals surface area contributed by atoms with Crippen LogP contribution in [0.15, 0.2) is 36.4 Å². The van der Waals surface area contributed by atoms with E-state index in [0.29, 0.717) is 0 Å². The van der Waals surface area contributed by atoms with Crippen LogP contribution in [0.1, 0.15) is 48.5 Å². The lowest BCUT2D eigenvalue weighted by molar-refractivity contribution is 0.00578. The van der Waals surface area contributed by atoms with Gasteiger partial charge in [-0.1, -0.05) is 44.7 Å². The minimum atomic E-state index is -0.321. The van der Waals surface area contributed by atoms with Gasteiger partial charge < -0.3 is 15.5 Å². The van der Waals surface area contributed by atoms with Gasteiger partial charge in [0.25, 0.3) is 0 Å². The molecule has 0 aliphatic carbocycles. The van der Waals surface area contributed by atoms with E-state index in [-0.39, 0.29) is 24.5 Å². The van der Waals surface area contributed by atoms with Crippen molar-refractivity contribution in [3.63, 3.8) is 0 Å². The van der Waals surface area contributed by atoms with E-state index in [1.54, 1.807) is 6.08 Å². The maximum atomic E-state index is 5.92. The maximum Gasteiger partial charge on any atom is 0.494 e. The van der Waals surface area contributed by atoms with E-state index in [1.165, 1.54) is 0 Å². The molecule has 0 atom stereocenters. The Morgan fingerprint density at radius 2 is 1.47 bits per heavy atom. The molecule has 0 unspecified atom stereocenters. The predicted molar refractivity (Wildman–Crippen MR) is 85.5 cm³/mol. The summed E-state index contributed by atoms with van der Waals surface area (Å²) in [7, 11) is -0.321. The van der Waals surface area contributed by atoms with Crippen molar-refractivity contribution in [3.05, 3.63) is 36.4 Å². The highest BCUT2D eigenvalue weighted by atomic mass is 16.7. The third kappa shape index (κ3) is 4.98. The maximum absolute atomic E-state index is 5.92. The number of allylic oxidation sites excluding steroid dienone is 5. The van der Waals surface area contributed by atoms with Gasteiger partial charge >= 0.3 is 7.12 Å². The lowest BCUT2D eigenvalue weighted by Gasteiger charge is -2.32. The fourth-order valence-electron chi connectivity index (χ4n) is 1.43. The number of hydrogen-bond donors (Lipinski definition) is 1. The van der Waals surface area contributed by atoms with E-state index >= 15 is 0 Å². The monoisotopic (exact) mass is 267 g/mol. The Kier molecular flexibility index (Phi) is 9.01. The second-order valence-corrected chi connectivity index (χ2v) is 4.98. The molecule has 1 aliphatic heterocycles. The van der Waals surface area contributed by atoms with Gasteiger partial charge in [-0.25, -0.2) is 0 Å². The van der Waals surface area contributed by atoms with E-state index in [1.807, 2.05) is 66.7 Å². The summed E-state index contributed by atoms with van der Waals surface area (Å²) >= 11 is 0. The van der Waals surface area contributed by atoms with Crippen LogP contribution >= 0.6 is 0 Å². The second kappa shape index (κ2) is 8.36. The Balaban J connectivity index is 0. The summed E-state index contributed by atoms with van der Waals surface area (Å²) in [6.45, 7) is 17.9. The van der Waals surface area contributed by atoms with Crippen LogP contribution in [0.4, 0.5) is 0 Å². The molecule has 1 fully saturated rings. The second-order valence-electron chi connectivity index (χ2n) is 4.98. The summed E-state index contributed by atoms with van der Waals surface area (Å²) in [6, 6.07) is 0. The Morgan fingerprint density at radius 1 is 1.05 bits per heavy atom. The van der Waals surface area contributed by atoms with Crippen molar-refractivity contribution in [2.45, 2.75) is 59.7 Å². The molecule has 110 valence electrons. The molecule has 3 N–H and O–H groups in total. The molecule has 0 radical (unpaired) electrons. The molecule has 3 nitrogen and oxygen atoms in total. The van der Waals surface area contributed by atoms with Crippen molar-refractivity contribution in [2.24, 2.45) is 0 Å². The van der Waals surface area contributed by atoms with Crippen LogP contribution in [0.5, 0.6) is 0 Å². The third-order valence-corrected chi connectivity index (χ3v) is 3.24. The smallest absolute Gasteiger partial charge is 0.399 e. The summed E-state index contributed by atoms with van der Waals surface area (Å²) in [5, 5.41) is 0. The van der Waals surface area contributed by atoms with Crippen LogP contribution in [0.3, 0.4) is 0 Å². The first-order valence-corrected chi connectivity index (χ1v) is 6.65. The summed E-state index contributed by atoms with van der Waals surface area (Å²) in [5.74, 6) is 0. The van der Waals surface area contributed by atoms with Gasteiger partial charge in [0.2, 0.25) is 0 Å². The van der Waals surface area contributed by atoms with Gasteiger partial charge in [0.1, 0.15) is 0 Å². The van der Waals surface area contributed by atoms with Crippen molar-refractivity contribution in [2.75, 3.05) is 0 Å². The minimum Gasteiger partial charge on any atom is -0.399 e. The highest BCUT2D eigenvalue weighted by Gasteiger charge is 2.51. The first kappa shape index (κ1) is 20.5. The Morgan fingerprint density at radius 3 is 1.79 bits per heavy atom. The quantitative estimate of drug-likeness (QED) is 0.605. The van der Waals surface area contributed by atoms with Gasteiger partial charge in [-0.3, -0.25) is 0 Å². The Bertz CT molecular complexity index is 317. The first-order valence-electron chi connectivity index (χ1n) is 6.65. The van der Waals surface area contributed by atoms with Crippen molar-refractivity contribution in [1.82, 2.24) is 6.15 Å². The van der Waals surface area contributed by atoms with E-state index < -0.39 is 0 Å². The van der Waals surface area contributed by atoms with Gasteiger partial charge in [-0.15, -0.1) is 0 Å². The number of rotatable bonds is 3. The molecule has 4 heteroatoms. The normalized spacial score (nSPS) is 20.6. The summed E-state index contributed by atoms with van der Waals surface area (Å²) in [4.78, 5) is 0. The van der Waals surface area contributed by atoms with Crippen molar-refractivity contribution in [1.29, 1.82) is 0 Å². The Labute approximate surface area is 119 Å². The summed E-state index contributed by atoms with van der Waals surface area (Å²) in [6.07, 6.45) is 7.67. The molecule has 0 aromatic carbocycles.